The summed E-state index contributed by atoms with van der Waals surface area (Å²) in [6.07, 6.45) is -0.625. The predicted octanol–water partition coefficient (Wildman–Crippen LogP) is 1.22. The summed E-state index contributed by atoms with van der Waals surface area (Å²) in [5.74, 6) is -0.899. The van der Waals surface area contributed by atoms with Crippen molar-refractivity contribution in [3.05, 3.63) is 18.2 Å². The molecule has 0 aliphatic heterocycles. The van der Waals surface area contributed by atoms with Crippen LogP contribution >= 0.6 is 0 Å². The number of imide groups is 1. The first-order valence-corrected chi connectivity index (χ1v) is 6.01. The highest BCUT2D eigenvalue weighted by molar-refractivity contribution is 6.02. The van der Waals surface area contributed by atoms with Gasteiger partial charge in [0.15, 0.2) is 0 Å². The van der Waals surface area contributed by atoms with Crippen LogP contribution in [0.3, 0.4) is 0 Å². The van der Waals surface area contributed by atoms with E-state index in [0.717, 1.165) is 0 Å². The summed E-state index contributed by atoms with van der Waals surface area (Å²) in [6, 6.07) is 4.00. The fourth-order valence-corrected chi connectivity index (χ4v) is 1.47. The molecule has 0 fully saturated rings. The van der Waals surface area contributed by atoms with Gasteiger partial charge in [-0.05, 0) is 12.1 Å². The third-order valence-corrected chi connectivity index (χ3v) is 2.47. The van der Waals surface area contributed by atoms with Crippen LogP contribution in [-0.4, -0.2) is 37.2 Å². The summed E-state index contributed by atoms with van der Waals surface area (Å²) >= 11 is 0. The van der Waals surface area contributed by atoms with Crippen LogP contribution in [0.5, 0.6) is 11.5 Å². The first-order valence-electron chi connectivity index (χ1n) is 6.01. The Labute approximate surface area is 121 Å². The lowest BCUT2D eigenvalue weighted by molar-refractivity contribution is -0.138. The number of anilines is 1. The van der Waals surface area contributed by atoms with E-state index in [0.29, 0.717) is 17.2 Å². The molecule has 0 radical (unpaired) electrons. The molecule has 0 saturated heterocycles. The lowest BCUT2D eigenvalue weighted by atomic mass is 10.2. The van der Waals surface area contributed by atoms with E-state index in [9.17, 15) is 14.4 Å². The number of hydrogen-bond donors (Lipinski definition) is 3. The maximum Gasteiger partial charge on any atom is 0.325 e. The van der Waals surface area contributed by atoms with Gasteiger partial charge in [-0.25, -0.2) is 4.79 Å². The van der Waals surface area contributed by atoms with Crippen LogP contribution in [0.25, 0.3) is 0 Å². The molecule has 0 heterocycles. The lowest BCUT2D eigenvalue weighted by Crippen LogP contribution is -2.34. The Bertz CT molecular complexity index is 543. The summed E-state index contributed by atoms with van der Waals surface area (Å²) in [6.45, 7) is 0. The van der Waals surface area contributed by atoms with Crippen molar-refractivity contribution in [3.63, 3.8) is 0 Å². The van der Waals surface area contributed by atoms with Gasteiger partial charge in [0.05, 0.1) is 26.3 Å². The van der Waals surface area contributed by atoms with Crippen molar-refractivity contribution in [2.75, 3.05) is 19.5 Å². The van der Waals surface area contributed by atoms with E-state index in [4.69, 9.17) is 14.6 Å². The van der Waals surface area contributed by atoms with Crippen molar-refractivity contribution in [2.45, 2.75) is 12.8 Å². The molecule has 114 valence electrons. The van der Waals surface area contributed by atoms with E-state index >= 15 is 0 Å². The summed E-state index contributed by atoms with van der Waals surface area (Å²) in [5.41, 5.74) is 0.320. The quantitative estimate of drug-likeness (QED) is 0.727. The molecular weight excluding hydrogens is 280 g/mol. The monoisotopic (exact) mass is 296 g/mol. The molecule has 0 atom stereocenters. The van der Waals surface area contributed by atoms with E-state index in [1.165, 1.54) is 20.3 Å². The van der Waals surface area contributed by atoms with Gasteiger partial charge < -0.3 is 19.9 Å². The minimum atomic E-state index is -1.11. The van der Waals surface area contributed by atoms with Crippen LogP contribution in [-0.2, 0) is 9.59 Å². The summed E-state index contributed by atoms with van der Waals surface area (Å²) < 4.78 is 10.1. The number of methoxy groups -OCH3 is 2. The standard InChI is InChI=1S/C13H16N2O6/c1-20-8-3-4-10(21-2)9(7-8)14-13(19)15-11(16)5-6-12(17)18/h3-4,7H,5-6H2,1-2H3,(H,17,18)(H2,14,15,16,19). The summed E-state index contributed by atoms with van der Waals surface area (Å²) in [7, 11) is 2.91. The van der Waals surface area contributed by atoms with Crippen LogP contribution in [0.1, 0.15) is 12.8 Å². The zero-order chi connectivity index (χ0) is 15.8. The van der Waals surface area contributed by atoms with Crippen molar-refractivity contribution >= 4 is 23.6 Å². The van der Waals surface area contributed by atoms with Crippen molar-refractivity contribution in [2.24, 2.45) is 0 Å². The second-order valence-electron chi connectivity index (χ2n) is 3.96. The highest BCUT2D eigenvalue weighted by Crippen LogP contribution is 2.28. The van der Waals surface area contributed by atoms with Crippen LogP contribution < -0.4 is 20.1 Å². The molecule has 0 spiro atoms. The Kier molecular flexibility index (Phi) is 5.99. The van der Waals surface area contributed by atoms with Crippen LogP contribution in [0.4, 0.5) is 10.5 Å². The Hall–Kier alpha value is -2.77. The number of rotatable bonds is 6. The lowest BCUT2D eigenvalue weighted by Gasteiger charge is -2.11. The minimum absolute atomic E-state index is 0.280. The van der Waals surface area contributed by atoms with Gasteiger partial charge in [0.1, 0.15) is 11.5 Å². The second kappa shape index (κ2) is 7.73. The number of hydrogen-bond acceptors (Lipinski definition) is 5. The van der Waals surface area contributed by atoms with Gasteiger partial charge >= 0.3 is 12.0 Å². The van der Waals surface area contributed by atoms with Gasteiger partial charge in [-0.1, -0.05) is 0 Å². The number of urea groups is 1. The molecule has 0 saturated carbocycles. The second-order valence-corrected chi connectivity index (χ2v) is 3.96. The van der Waals surface area contributed by atoms with Gasteiger partial charge in [0, 0.05) is 12.5 Å². The van der Waals surface area contributed by atoms with Crippen molar-refractivity contribution in [1.29, 1.82) is 0 Å². The number of nitrogens with one attached hydrogen (secondary N) is 2. The summed E-state index contributed by atoms with van der Waals surface area (Å²) in [5, 5.41) is 12.9. The number of aliphatic carboxylic acids is 1. The van der Waals surface area contributed by atoms with Crippen LogP contribution in [0.15, 0.2) is 18.2 Å². The molecule has 0 aromatic heterocycles. The number of amides is 3. The highest BCUT2D eigenvalue weighted by atomic mass is 16.5. The van der Waals surface area contributed by atoms with Crippen LogP contribution in [0.2, 0.25) is 0 Å². The van der Waals surface area contributed by atoms with Gasteiger partial charge in [-0.2, -0.15) is 0 Å². The first kappa shape index (κ1) is 16.3. The van der Waals surface area contributed by atoms with Crippen molar-refractivity contribution in [1.82, 2.24) is 5.32 Å². The molecule has 0 bridgehead atoms. The number of carbonyl (C=O) groups excluding carboxylic acids is 2. The molecule has 1 rings (SSSR count). The smallest absolute Gasteiger partial charge is 0.325 e. The predicted molar refractivity (Wildman–Crippen MR) is 73.6 cm³/mol. The van der Waals surface area contributed by atoms with Gasteiger partial charge in [-0.15, -0.1) is 0 Å². The highest BCUT2D eigenvalue weighted by Gasteiger charge is 2.12. The molecule has 0 aliphatic carbocycles. The maximum atomic E-state index is 11.6. The Morgan fingerprint density at radius 3 is 2.43 bits per heavy atom. The fraction of sp³-hybridized carbons (Fsp3) is 0.308. The molecule has 8 nitrogen and oxygen atoms in total. The topological polar surface area (TPSA) is 114 Å². The zero-order valence-corrected chi connectivity index (χ0v) is 11.6. The van der Waals surface area contributed by atoms with Gasteiger partial charge in [-0.3, -0.25) is 14.9 Å². The molecule has 0 aliphatic rings. The molecule has 3 amide bonds. The Balaban J connectivity index is 2.65. The van der Waals surface area contributed by atoms with E-state index in [-0.39, 0.29) is 12.8 Å². The zero-order valence-electron chi connectivity index (χ0n) is 11.6. The Morgan fingerprint density at radius 1 is 1.14 bits per heavy atom. The van der Waals surface area contributed by atoms with Crippen molar-refractivity contribution in [3.8, 4) is 11.5 Å². The van der Waals surface area contributed by atoms with E-state index < -0.39 is 17.9 Å². The number of carbonyl (C=O) groups is 3. The number of carboxylic acids is 1. The molecular formula is C13H16N2O6. The van der Waals surface area contributed by atoms with Crippen molar-refractivity contribution < 1.29 is 29.0 Å². The number of ether oxygens (including phenoxy) is 2. The van der Waals surface area contributed by atoms with E-state index in [1.807, 2.05) is 5.32 Å². The van der Waals surface area contributed by atoms with Gasteiger partial charge in [0.25, 0.3) is 0 Å². The SMILES string of the molecule is COc1ccc(OC)c(NC(=O)NC(=O)CCC(=O)O)c1. The van der Waals surface area contributed by atoms with Gasteiger partial charge in [0.2, 0.25) is 5.91 Å². The van der Waals surface area contributed by atoms with E-state index in [2.05, 4.69) is 5.32 Å². The summed E-state index contributed by atoms with van der Waals surface area (Å²) in [4.78, 5) is 33.3. The molecule has 21 heavy (non-hydrogen) atoms. The molecule has 1 aromatic carbocycles. The molecule has 8 heteroatoms. The fourth-order valence-electron chi connectivity index (χ4n) is 1.47. The van der Waals surface area contributed by atoms with Crippen LogP contribution in [0, 0.1) is 0 Å². The molecule has 1 aromatic rings. The average Bonchev–Trinajstić information content (AvgIpc) is 2.44. The third-order valence-electron chi connectivity index (χ3n) is 2.47. The third kappa shape index (κ3) is 5.39. The maximum absolute atomic E-state index is 11.6. The normalized spacial score (nSPS) is 9.62. The molecule has 3 N–H and O–H groups in total. The van der Waals surface area contributed by atoms with E-state index in [1.54, 1.807) is 12.1 Å². The largest absolute Gasteiger partial charge is 0.497 e. The minimum Gasteiger partial charge on any atom is -0.497 e. The average molecular weight is 296 g/mol. The Morgan fingerprint density at radius 2 is 1.86 bits per heavy atom. The molecule has 0 unspecified atom stereocenters. The number of carboxylic acid groups (broad SMARTS) is 1. The number of benzene rings is 1. The first-order chi connectivity index (χ1) is 9.96.